The molecule has 3 nitrogen and oxygen atoms in total. The predicted octanol–water partition coefficient (Wildman–Crippen LogP) is 2.50. The molecule has 0 aliphatic rings. The third-order valence-corrected chi connectivity index (χ3v) is 2.63. The van der Waals surface area contributed by atoms with Gasteiger partial charge in [0.25, 0.3) is 0 Å². The average molecular weight is 233 g/mol. The van der Waals surface area contributed by atoms with Crippen molar-refractivity contribution in [3.8, 4) is 5.75 Å². The van der Waals surface area contributed by atoms with Crippen molar-refractivity contribution in [2.45, 2.75) is 6.92 Å². The first-order chi connectivity index (χ1) is 6.44. The fraction of sp³-hybridized carbons (Fsp3) is 0.111. The fourth-order valence-corrected chi connectivity index (χ4v) is 1.49. The second kappa shape index (κ2) is 4.02. The molecular formula is C9H9ClO3S. The minimum atomic E-state index is -3.73. The van der Waals surface area contributed by atoms with Gasteiger partial charge in [-0.3, -0.25) is 0 Å². The van der Waals surface area contributed by atoms with Crippen molar-refractivity contribution >= 4 is 21.7 Å². The average Bonchev–Trinajstić information content (AvgIpc) is 2.11. The topological polar surface area (TPSA) is 43.4 Å². The van der Waals surface area contributed by atoms with Crippen LogP contribution in [0.15, 0.2) is 30.2 Å². The highest BCUT2D eigenvalue weighted by molar-refractivity contribution is 7.90. The van der Waals surface area contributed by atoms with Crippen molar-refractivity contribution < 1.29 is 12.6 Å². The normalized spacial score (nSPS) is 11.0. The van der Waals surface area contributed by atoms with Gasteiger partial charge in [0.15, 0.2) is 5.75 Å². The summed E-state index contributed by atoms with van der Waals surface area (Å²) in [6, 6.07) is 4.88. The molecule has 1 aromatic carbocycles. The SMILES string of the molecule is C=CS(=O)(=O)Oc1cc(C)ccc1Cl. The molecule has 1 rings (SSSR count). The quantitative estimate of drug-likeness (QED) is 0.752. The Morgan fingerprint density at radius 2 is 2.14 bits per heavy atom. The van der Waals surface area contributed by atoms with E-state index in [0.29, 0.717) is 0 Å². The van der Waals surface area contributed by atoms with Gasteiger partial charge in [0, 0.05) is 0 Å². The summed E-state index contributed by atoms with van der Waals surface area (Å²) in [5.41, 5.74) is 0.865. The minimum absolute atomic E-state index is 0.117. The van der Waals surface area contributed by atoms with Crippen LogP contribution < -0.4 is 4.18 Å². The molecule has 5 heteroatoms. The fourth-order valence-electron chi connectivity index (χ4n) is 0.834. The van der Waals surface area contributed by atoms with Gasteiger partial charge in [-0.05, 0) is 24.6 Å². The highest BCUT2D eigenvalue weighted by atomic mass is 35.5. The molecule has 0 amide bonds. The maximum atomic E-state index is 11.0. The number of hydrogen-bond donors (Lipinski definition) is 0. The molecule has 0 radical (unpaired) electrons. The van der Waals surface area contributed by atoms with Crippen LogP contribution in [0.4, 0.5) is 0 Å². The molecule has 1 aromatic rings. The first-order valence-corrected chi connectivity index (χ1v) is 5.62. The molecule has 0 N–H and O–H groups in total. The Morgan fingerprint density at radius 1 is 1.50 bits per heavy atom. The Morgan fingerprint density at radius 3 is 2.71 bits per heavy atom. The highest BCUT2D eigenvalue weighted by Gasteiger charge is 2.10. The van der Waals surface area contributed by atoms with Crippen LogP contribution in [0.1, 0.15) is 5.56 Å². The van der Waals surface area contributed by atoms with Gasteiger partial charge in [0.05, 0.1) is 10.4 Å². The molecular weight excluding hydrogens is 224 g/mol. The lowest BCUT2D eigenvalue weighted by molar-refractivity contribution is 0.497. The number of benzene rings is 1. The molecule has 0 heterocycles. The molecule has 76 valence electrons. The zero-order valence-electron chi connectivity index (χ0n) is 7.53. The van der Waals surface area contributed by atoms with E-state index in [4.69, 9.17) is 11.6 Å². The maximum Gasteiger partial charge on any atom is 0.331 e. The minimum Gasteiger partial charge on any atom is -0.378 e. The zero-order chi connectivity index (χ0) is 10.8. The van der Waals surface area contributed by atoms with E-state index in [2.05, 4.69) is 10.8 Å². The van der Waals surface area contributed by atoms with E-state index in [9.17, 15) is 8.42 Å². The summed E-state index contributed by atoms with van der Waals surface area (Å²) in [7, 11) is -3.73. The van der Waals surface area contributed by atoms with E-state index < -0.39 is 10.1 Å². The molecule has 0 unspecified atom stereocenters. The largest absolute Gasteiger partial charge is 0.378 e. The lowest BCUT2D eigenvalue weighted by Crippen LogP contribution is -2.04. The molecule has 0 bridgehead atoms. The van der Waals surface area contributed by atoms with E-state index in [-0.39, 0.29) is 10.8 Å². The maximum absolute atomic E-state index is 11.0. The second-order valence-corrected chi connectivity index (χ2v) is 4.57. The van der Waals surface area contributed by atoms with Crippen LogP contribution in [-0.2, 0) is 10.1 Å². The molecule has 0 aliphatic heterocycles. The standard InChI is InChI=1S/C9H9ClO3S/c1-3-14(11,12)13-9-6-7(2)4-5-8(9)10/h3-6H,1H2,2H3. The lowest BCUT2D eigenvalue weighted by Gasteiger charge is -2.05. The summed E-state index contributed by atoms with van der Waals surface area (Å²) in [5, 5.41) is 0.979. The molecule has 0 atom stereocenters. The van der Waals surface area contributed by atoms with Gasteiger partial charge >= 0.3 is 10.1 Å². The molecule has 0 aliphatic carbocycles. The van der Waals surface area contributed by atoms with E-state index in [1.807, 2.05) is 6.92 Å². The summed E-state index contributed by atoms with van der Waals surface area (Å²) < 4.78 is 26.8. The Hall–Kier alpha value is -1.00. The molecule has 0 saturated carbocycles. The number of aryl methyl sites for hydroxylation is 1. The third kappa shape index (κ3) is 2.75. The summed E-state index contributed by atoms with van der Waals surface area (Å²) >= 11 is 5.74. The van der Waals surface area contributed by atoms with Crippen molar-refractivity contribution in [1.82, 2.24) is 0 Å². The number of halogens is 1. The number of rotatable bonds is 3. The van der Waals surface area contributed by atoms with Gasteiger partial charge in [-0.25, -0.2) is 0 Å². The Labute approximate surface area is 88.1 Å². The van der Waals surface area contributed by atoms with Crippen LogP contribution in [0.5, 0.6) is 5.75 Å². The van der Waals surface area contributed by atoms with E-state index >= 15 is 0 Å². The van der Waals surface area contributed by atoms with Crippen molar-refractivity contribution in [3.63, 3.8) is 0 Å². The number of hydrogen-bond acceptors (Lipinski definition) is 3. The van der Waals surface area contributed by atoms with Crippen LogP contribution in [-0.4, -0.2) is 8.42 Å². The van der Waals surface area contributed by atoms with E-state index in [1.54, 1.807) is 18.2 Å². The van der Waals surface area contributed by atoms with Crippen LogP contribution >= 0.6 is 11.6 Å². The molecule has 0 spiro atoms. The van der Waals surface area contributed by atoms with Crippen molar-refractivity contribution in [2.24, 2.45) is 0 Å². The highest BCUT2D eigenvalue weighted by Crippen LogP contribution is 2.26. The molecule has 0 saturated heterocycles. The second-order valence-electron chi connectivity index (χ2n) is 2.68. The van der Waals surface area contributed by atoms with Crippen LogP contribution in [0.25, 0.3) is 0 Å². The van der Waals surface area contributed by atoms with Crippen LogP contribution in [0.2, 0.25) is 5.02 Å². The van der Waals surface area contributed by atoms with E-state index in [1.165, 1.54) is 0 Å². The summed E-state index contributed by atoms with van der Waals surface area (Å²) in [4.78, 5) is 0. The first kappa shape index (κ1) is 11.1. The monoisotopic (exact) mass is 232 g/mol. The van der Waals surface area contributed by atoms with Crippen molar-refractivity contribution in [3.05, 3.63) is 40.8 Å². The summed E-state index contributed by atoms with van der Waals surface area (Å²) in [6.45, 7) is 4.93. The summed E-state index contributed by atoms with van der Waals surface area (Å²) in [5.74, 6) is 0.117. The third-order valence-electron chi connectivity index (χ3n) is 1.50. The zero-order valence-corrected chi connectivity index (χ0v) is 9.10. The molecule has 0 aromatic heterocycles. The van der Waals surface area contributed by atoms with Crippen molar-refractivity contribution in [2.75, 3.05) is 0 Å². The van der Waals surface area contributed by atoms with Gasteiger partial charge < -0.3 is 4.18 Å². The summed E-state index contributed by atoms with van der Waals surface area (Å²) in [6.07, 6.45) is 0. The Kier molecular flexibility index (Phi) is 3.18. The van der Waals surface area contributed by atoms with Crippen LogP contribution in [0, 0.1) is 6.92 Å². The molecule has 14 heavy (non-hydrogen) atoms. The molecule has 0 fully saturated rings. The van der Waals surface area contributed by atoms with Gasteiger partial charge in [-0.15, -0.1) is 0 Å². The van der Waals surface area contributed by atoms with Gasteiger partial charge in [0.2, 0.25) is 0 Å². The van der Waals surface area contributed by atoms with Gasteiger partial charge in [-0.2, -0.15) is 8.42 Å². The predicted molar refractivity (Wildman–Crippen MR) is 55.9 cm³/mol. The Balaban J connectivity index is 3.09. The van der Waals surface area contributed by atoms with Crippen LogP contribution in [0.3, 0.4) is 0 Å². The first-order valence-electron chi connectivity index (χ1n) is 3.78. The van der Waals surface area contributed by atoms with Gasteiger partial charge in [0.1, 0.15) is 0 Å². The smallest absolute Gasteiger partial charge is 0.331 e. The lowest BCUT2D eigenvalue weighted by atomic mass is 10.2. The Bertz CT molecular complexity index is 451. The van der Waals surface area contributed by atoms with E-state index in [0.717, 1.165) is 11.0 Å². The van der Waals surface area contributed by atoms with Gasteiger partial charge in [-0.1, -0.05) is 24.2 Å². The van der Waals surface area contributed by atoms with Crippen molar-refractivity contribution in [1.29, 1.82) is 0 Å².